The zero-order valence-electron chi connectivity index (χ0n) is 10.9. The third-order valence-electron chi connectivity index (χ3n) is 3.15. The fourth-order valence-electron chi connectivity index (χ4n) is 2.07. The van der Waals surface area contributed by atoms with Crippen LogP contribution in [0.4, 0.5) is 0 Å². The van der Waals surface area contributed by atoms with Gasteiger partial charge in [-0.3, -0.25) is 5.84 Å². The standard InChI is InChI=1S/C13H26N4/c1-2-3-4-5-6-7-8-9-12(17-14)13-15-10-11-16-13/h10-12,17H,2-9,14H2,1H3,(H,15,16). The van der Waals surface area contributed by atoms with E-state index in [1.54, 1.807) is 6.20 Å². The van der Waals surface area contributed by atoms with E-state index in [0.29, 0.717) is 0 Å². The SMILES string of the molecule is CCCCCCCCCC(NN)c1ncc[nH]1. The van der Waals surface area contributed by atoms with E-state index in [0.717, 1.165) is 12.2 Å². The maximum atomic E-state index is 5.53. The van der Waals surface area contributed by atoms with Gasteiger partial charge in [-0.2, -0.15) is 0 Å². The van der Waals surface area contributed by atoms with Gasteiger partial charge in [0.1, 0.15) is 5.82 Å². The fourth-order valence-corrected chi connectivity index (χ4v) is 2.07. The molecular weight excluding hydrogens is 212 g/mol. The first-order valence-electron chi connectivity index (χ1n) is 6.84. The van der Waals surface area contributed by atoms with Crippen LogP contribution in [0, 0.1) is 0 Å². The number of hydrogen-bond donors (Lipinski definition) is 3. The van der Waals surface area contributed by atoms with Crippen LogP contribution >= 0.6 is 0 Å². The number of aromatic nitrogens is 2. The van der Waals surface area contributed by atoms with Crippen LogP contribution in [-0.2, 0) is 0 Å². The van der Waals surface area contributed by atoms with E-state index in [1.807, 2.05) is 6.20 Å². The van der Waals surface area contributed by atoms with Gasteiger partial charge >= 0.3 is 0 Å². The molecule has 17 heavy (non-hydrogen) atoms. The molecular formula is C13H26N4. The van der Waals surface area contributed by atoms with Gasteiger partial charge in [-0.15, -0.1) is 0 Å². The Morgan fingerprint density at radius 2 is 1.94 bits per heavy atom. The van der Waals surface area contributed by atoms with Crippen molar-refractivity contribution in [2.75, 3.05) is 0 Å². The van der Waals surface area contributed by atoms with Gasteiger partial charge in [-0.05, 0) is 6.42 Å². The molecule has 1 rings (SSSR count). The molecule has 4 N–H and O–H groups in total. The molecule has 98 valence electrons. The second-order valence-corrected chi connectivity index (χ2v) is 4.60. The predicted octanol–water partition coefficient (Wildman–Crippen LogP) is 3.05. The first-order chi connectivity index (χ1) is 8.38. The van der Waals surface area contributed by atoms with Crippen molar-refractivity contribution < 1.29 is 0 Å². The number of imidazole rings is 1. The van der Waals surface area contributed by atoms with Gasteiger partial charge in [0.25, 0.3) is 0 Å². The summed E-state index contributed by atoms with van der Waals surface area (Å²) in [5.74, 6) is 6.48. The number of hydrazine groups is 1. The molecule has 0 radical (unpaired) electrons. The van der Waals surface area contributed by atoms with Crippen molar-refractivity contribution >= 4 is 0 Å². The van der Waals surface area contributed by atoms with Crippen LogP contribution < -0.4 is 11.3 Å². The Morgan fingerprint density at radius 3 is 2.53 bits per heavy atom. The summed E-state index contributed by atoms with van der Waals surface area (Å²) >= 11 is 0. The van der Waals surface area contributed by atoms with Crippen LogP contribution in [0.1, 0.15) is 70.2 Å². The maximum absolute atomic E-state index is 5.53. The molecule has 1 heterocycles. The van der Waals surface area contributed by atoms with E-state index in [9.17, 15) is 0 Å². The van der Waals surface area contributed by atoms with Crippen LogP contribution in [0.3, 0.4) is 0 Å². The summed E-state index contributed by atoms with van der Waals surface area (Å²) in [5.41, 5.74) is 2.82. The van der Waals surface area contributed by atoms with Gasteiger partial charge in [0.05, 0.1) is 6.04 Å². The summed E-state index contributed by atoms with van der Waals surface area (Å²) in [6, 6.07) is 0.167. The van der Waals surface area contributed by atoms with E-state index in [2.05, 4.69) is 22.3 Å². The van der Waals surface area contributed by atoms with Crippen LogP contribution in [0.5, 0.6) is 0 Å². The minimum absolute atomic E-state index is 0.167. The molecule has 0 saturated heterocycles. The lowest BCUT2D eigenvalue weighted by atomic mass is 10.1. The quantitative estimate of drug-likeness (QED) is 0.333. The molecule has 4 heteroatoms. The van der Waals surface area contributed by atoms with Crippen molar-refractivity contribution in [3.8, 4) is 0 Å². The number of aromatic amines is 1. The van der Waals surface area contributed by atoms with E-state index < -0.39 is 0 Å². The molecule has 0 bridgehead atoms. The number of H-pyrrole nitrogens is 1. The van der Waals surface area contributed by atoms with Gasteiger partial charge in [-0.25, -0.2) is 10.4 Å². The largest absolute Gasteiger partial charge is 0.347 e. The molecule has 0 aliphatic rings. The minimum atomic E-state index is 0.167. The molecule has 1 unspecified atom stereocenters. The molecule has 1 aromatic rings. The van der Waals surface area contributed by atoms with E-state index in [4.69, 9.17) is 5.84 Å². The van der Waals surface area contributed by atoms with E-state index in [-0.39, 0.29) is 6.04 Å². The number of rotatable bonds is 10. The predicted molar refractivity (Wildman–Crippen MR) is 71.3 cm³/mol. The van der Waals surface area contributed by atoms with Gasteiger partial charge in [0, 0.05) is 12.4 Å². The Bertz CT molecular complexity index is 258. The Kier molecular flexibility index (Phi) is 7.67. The average molecular weight is 238 g/mol. The van der Waals surface area contributed by atoms with Gasteiger partial charge < -0.3 is 4.98 Å². The highest BCUT2D eigenvalue weighted by Gasteiger charge is 2.10. The molecule has 0 aromatic carbocycles. The summed E-state index contributed by atoms with van der Waals surface area (Å²) < 4.78 is 0. The molecule has 0 aliphatic heterocycles. The smallest absolute Gasteiger partial charge is 0.124 e. The molecule has 0 fully saturated rings. The highest BCUT2D eigenvalue weighted by Crippen LogP contribution is 2.16. The molecule has 1 atom stereocenters. The lowest BCUT2D eigenvalue weighted by Gasteiger charge is -2.12. The molecule has 0 aliphatic carbocycles. The van der Waals surface area contributed by atoms with Crippen molar-refractivity contribution in [1.82, 2.24) is 15.4 Å². The van der Waals surface area contributed by atoms with Crippen LogP contribution in [0.25, 0.3) is 0 Å². The maximum Gasteiger partial charge on any atom is 0.124 e. The Labute approximate surface area is 104 Å². The zero-order valence-corrected chi connectivity index (χ0v) is 10.9. The molecule has 0 spiro atoms. The summed E-state index contributed by atoms with van der Waals surface area (Å²) in [4.78, 5) is 7.33. The summed E-state index contributed by atoms with van der Waals surface area (Å²) in [6.07, 6.45) is 14.0. The summed E-state index contributed by atoms with van der Waals surface area (Å²) in [6.45, 7) is 2.25. The third-order valence-corrected chi connectivity index (χ3v) is 3.15. The van der Waals surface area contributed by atoms with Gasteiger partial charge in [-0.1, -0.05) is 51.9 Å². The number of unbranched alkanes of at least 4 members (excludes halogenated alkanes) is 6. The first kappa shape index (κ1) is 14.2. The zero-order chi connectivity index (χ0) is 12.3. The van der Waals surface area contributed by atoms with Crippen LogP contribution in [0.15, 0.2) is 12.4 Å². The number of nitrogens with zero attached hydrogens (tertiary/aromatic N) is 1. The van der Waals surface area contributed by atoms with Crippen LogP contribution in [0.2, 0.25) is 0 Å². The van der Waals surface area contributed by atoms with Gasteiger partial charge in [0.2, 0.25) is 0 Å². The first-order valence-corrected chi connectivity index (χ1v) is 6.84. The average Bonchev–Trinajstić information content (AvgIpc) is 2.86. The molecule has 4 nitrogen and oxygen atoms in total. The van der Waals surface area contributed by atoms with Crippen molar-refractivity contribution in [2.24, 2.45) is 5.84 Å². The monoisotopic (exact) mass is 238 g/mol. The van der Waals surface area contributed by atoms with Crippen LogP contribution in [-0.4, -0.2) is 9.97 Å². The minimum Gasteiger partial charge on any atom is -0.347 e. The topological polar surface area (TPSA) is 66.7 Å². The van der Waals surface area contributed by atoms with Crippen molar-refractivity contribution in [1.29, 1.82) is 0 Å². The molecule has 1 aromatic heterocycles. The Morgan fingerprint density at radius 1 is 1.24 bits per heavy atom. The summed E-state index contributed by atoms with van der Waals surface area (Å²) in [5, 5.41) is 0. The highest BCUT2D eigenvalue weighted by atomic mass is 15.2. The number of nitrogens with one attached hydrogen (secondary N) is 2. The lowest BCUT2D eigenvalue weighted by Crippen LogP contribution is -2.28. The van der Waals surface area contributed by atoms with Crippen molar-refractivity contribution in [3.63, 3.8) is 0 Å². The second-order valence-electron chi connectivity index (χ2n) is 4.60. The van der Waals surface area contributed by atoms with Gasteiger partial charge in [0.15, 0.2) is 0 Å². The van der Waals surface area contributed by atoms with Crippen molar-refractivity contribution in [3.05, 3.63) is 18.2 Å². The Balaban J connectivity index is 2.04. The molecule has 0 saturated carbocycles. The summed E-state index contributed by atoms with van der Waals surface area (Å²) in [7, 11) is 0. The number of hydrogen-bond acceptors (Lipinski definition) is 3. The van der Waals surface area contributed by atoms with E-state index in [1.165, 1.54) is 44.9 Å². The normalized spacial score (nSPS) is 12.8. The third kappa shape index (κ3) is 5.84. The fraction of sp³-hybridized carbons (Fsp3) is 0.769. The molecule has 0 amide bonds. The Hall–Kier alpha value is -0.870. The second kappa shape index (κ2) is 9.19. The van der Waals surface area contributed by atoms with Crippen molar-refractivity contribution in [2.45, 2.75) is 64.3 Å². The lowest BCUT2D eigenvalue weighted by molar-refractivity contribution is 0.460. The number of nitrogens with two attached hydrogens (primary N) is 1. The van der Waals surface area contributed by atoms with E-state index >= 15 is 0 Å². The highest BCUT2D eigenvalue weighted by molar-refractivity contribution is 4.94.